The molecule has 0 spiro atoms. The number of aliphatic hydroxyl groups is 1. The molecule has 0 saturated carbocycles. The van der Waals surface area contributed by atoms with Gasteiger partial charge in [0.1, 0.15) is 0 Å². The fourth-order valence-electron chi connectivity index (χ4n) is 4.71. The lowest BCUT2D eigenvalue weighted by molar-refractivity contribution is -0.0241. The van der Waals surface area contributed by atoms with Gasteiger partial charge < -0.3 is 15.3 Å². The largest absolute Gasteiger partial charge is 0.394 e. The first-order valence-electron chi connectivity index (χ1n) is 10.2. The molecule has 5 rings (SSSR count). The van der Waals surface area contributed by atoms with Crippen LogP contribution in [0.15, 0.2) is 79.1 Å². The maximum atomic E-state index is 13.2. The third kappa shape index (κ3) is 3.23. The molecule has 3 amide bonds. The summed E-state index contributed by atoms with van der Waals surface area (Å²) in [6, 6.07) is 19.5. The highest BCUT2D eigenvalue weighted by atomic mass is 16.3. The Morgan fingerprint density at radius 3 is 2.45 bits per heavy atom. The van der Waals surface area contributed by atoms with Crippen molar-refractivity contribution in [1.82, 2.24) is 9.88 Å². The standard InChI is InChI=1S/C24H22N4O3/c29-15-21-22-18-8-4-5-9-19(18)27(24(31)26-17-6-2-1-3-7-17)14-20(22)28(21)23(30)16-10-12-25-13-11-16/h1-13,20-22,29H,14-15H2,(H,26,31)/t20-,21+,22+/m1/s1. The number of hydrogen-bond donors (Lipinski definition) is 2. The summed E-state index contributed by atoms with van der Waals surface area (Å²) in [6.07, 6.45) is 3.16. The fourth-order valence-corrected chi connectivity index (χ4v) is 4.71. The molecule has 3 atom stereocenters. The van der Waals surface area contributed by atoms with Gasteiger partial charge in [0.2, 0.25) is 0 Å². The van der Waals surface area contributed by atoms with Crippen molar-refractivity contribution in [2.45, 2.75) is 18.0 Å². The monoisotopic (exact) mass is 414 g/mol. The summed E-state index contributed by atoms with van der Waals surface area (Å²) in [5, 5.41) is 13.0. The van der Waals surface area contributed by atoms with E-state index >= 15 is 0 Å². The number of fused-ring (bicyclic) bond motifs is 3. The molecule has 0 unspecified atom stereocenters. The number of anilines is 2. The van der Waals surface area contributed by atoms with Crippen molar-refractivity contribution in [2.24, 2.45) is 0 Å². The molecule has 1 aromatic heterocycles. The van der Waals surface area contributed by atoms with Crippen LogP contribution in [0, 0.1) is 0 Å². The molecule has 3 aromatic rings. The lowest BCUT2D eigenvalue weighted by atomic mass is 9.71. The molecule has 3 heterocycles. The van der Waals surface area contributed by atoms with E-state index in [0.717, 1.165) is 11.3 Å². The normalized spacial score (nSPS) is 21.5. The van der Waals surface area contributed by atoms with Gasteiger partial charge in [-0.1, -0.05) is 36.4 Å². The molecule has 156 valence electrons. The number of rotatable bonds is 3. The van der Waals surface area contributed by atoms with Crippen LogP contribution in [-0.2, 0) is 0 Å². The van der Waals surface area contributed by atoms with Gasteiger partial charge in [0.05, 0.1) is 18.7 Å². The zero-order valence-corrected chi connectivity index (χ0v) is 16.8. The molecule has 2 aliphatic rings. The molecule has 7 nitrogen and oxygen atoms in total. The van der Waals surface area contributed by atoms with E-state index in [2.05, 4.69) is 10.3 Å². The van der Waals surface area contributed by atoms with E-state index in [1.807, 2.05) is 54.6 Å². The van der Waals surface area contributed by atoms with Crippen molar-refractivity contribution in [2.75, 3.05) is 23.4 Å². The highest BCUT2D eigenvalue weighted by Gasteiger charge is 2.55. The Hall–Kier alpha value is -3.71. The van der Waals surface area contributed by atoms with E-state index in [-0.39, 0.29) is 36.5 Å². The summed E-state index contributed by atoms with van der Waals surface area (Å²) in [6.45, 7) is 0.218. The second-order valence-electron chi connectivity index (χ2n) is 7.76. The molecular formula is C24H22N4O3. The van der Waals surface area contributed by atoms with Gasteiger partial charge in [0.25, 0.3) is 5.91 Å². The Morgan fingerprint density at radius 1 is 1.00 bits per heavy atom. The number of carbonyl (C=O) groups is 2. The topological polar surface area (TPSA) is 85.8 Å². The van der Waals surface area contributed by atoms with Gasteiger partial charge >= 0.3 is 6.03 Å². The first-order chi connectivity index (χ1) is 15.2. The van der Waals surface area contributed by atoms with Crippen molar-refractivity contribution in [1.29, 1.82) is 0 Å². The van der Waals surface area contributed by atoms with Gasteiger partial charge in [-0.25, -0.2) is 4.79 Å². The zero-order valence-electron chi connectivity index (χ0n) is 16.8. The molecule has 0 radical (unpaired) electrons. The number of hydrogen-bond acceptors (Lipinski definition) is 4. The van der Waals surface area contributed by atoms with Crippen LogP contribution in [0.4, 0.5) is 16.2 Å². The van der Waals surface area contributed by atoms with Gasteiger partial charge in [0, 0.05) is 41.8 Å². The Bertz CT molecular complexity index is 1110. The second kappa shape index (κ2) is 7.85. The predicted molar refractivity (Wildman–Crippen MR) is 117 cm³/mol. The molecule has 31 heavy (non-hydrogen) atoms. The number of urea groups is 1. The van der Waals surface area contributed by atoms with E-state index in [0.29, 0.717) is 17.8 Å². The number of pyridine rings is 1. The van der Waals surface area contributed by atoms with Crippen molar-refractivity contribution < 1.29 is 14.7 Å². The first kappa shape index (κ1) is 19.3. The minimum Gasteiger partial charge on any atom is -0.394 e. The SMILES string of the molecule is O=C(Nc1ccccc1)N1C[C@@H]2[C@H](c3ccccc31)[C@H](CO)N2C(=O)c1ccncc1. The smallest absolute Gasteiger partial charge is 0.326 e. The van der Waals surface area contributed by atoms with Crippen LogP contribution in [0.1, 0.15) is 21.8 Å². The highest BCUT2D eigenvalue weighted by molar-refractivity contribution is 6.03. The minimum absolute atomic E-state index is 0.0206. The number of carbonyl (C=O) groups excluding carboxylic acids is 2. The van der Waals surface area contributed by atoms with Crippen molar-refractivity contribution in [3.8, 4) is 0 Å². The summed E-state index contributed by atoms with van der Waals surface area (Å²) >= 11 is 0. The summed E-state index contributed by atoms with van der Waals surface area (Å²) in [5.74, 6) is -0.182. The van der Waals surface area contributed by atoms with Crippen LogP contribution in [0.5, 0.6) is 0 Å². The highest BCUT2D eigenvalue weighted by Crippen LogP contribution is 2.48. The Labute approximate surface area is 179 Å². The van der Waals surface area contributed by atoms with E-state index in [4.69, 9.17) is 0 Å². The predicted octanol–water partition coefficient (Wildman–Crippen LogP) is 3.10. The Balaban J connectivity index is 1.48. The molecule has 1 fully saturated rings. The third-order valence-corrected chi connectivity index (χ3v) is 6.12. The Morgan fingerprint density at radius 2 is 1.71 bits per heavy atom. The van der Waals surface area contributed by atoms with Crippen LogP contribution in [-0.4, -0.2) is 52.2 Å². The van der Waals surface area contributed by atoms with Crippen LogP contribution in [0.3, 0.4) is 0 Å². The van der Waals surface area contributed by atoms with Crippen molar-refractivity contribution in [3.63, 3.8) is 0 Å². The zero-order chi connectivity index (χ0) is 21.4. The van der Waals surface area contributed by atoms with Gasteiger partial charge in [-0.05, 0) is 35.9 Å². The van der Waals surface area contributed by atoms with Gasteiger partial charge in [-0.15, -0.1) is 0 Å². The Kier molecular flexibility index (Phi) is 4.88. The number of nitrogens with zero attached hydrogens (tertiary/aromatic N) is 3. The number of nitrogens with one attached hydrogen (secondary N) is 1. The molecule has 7 heteroatoms. The molecule has 0 aliphatic carbocycles. The van der Waals surface area contributed by atoms with Crippen LogP contribution >= 0.6 is 0 Å². The summed E-state index contributed by atoms with van der Waals surface area (Å²) in [4.78, 5) is 33.7. The maximum absolute atomic E-state index is 13.2. The molecule has 0 bridgehead atoms. The third-order valence-electron chi connectivity index (χ3n) is 6.12. The van der Waals surface area contributed by atoms with Gasteiger partial charge in [-0.2, -0.15) is 0 Å². The van der Waals surface area contributed by atoms with E-state index in [1.165, 1.54) is 0 Å². The number of para-hydroxylation sites is 2. The maximum Gasteiger partial charge on any atom is 0.326 e. The number of benzene rings is 2. The van der Waals surface area contributed by atoms with Crippen LogP contribution in [0.25, 0.3) is 0 Å². The van der Waals surface area contributed by atoms with Crippen molar-refractivity contribution in [3.05, 3.63) is 90.3 Å². The fraction of sp³-hybridized carbons (Fsp3) is 0.208. The summed E-state index contributed by atoms with van der Waals surface area (Å²) in [5.41, 5.74) is 3.01. The van der Waals surface area contributed by atoms with E-state index in [1.54, 1.807) is 34.3 Å². The molecule has 2 aromatic carbocycles. The number of amides is 3. The molecular weight excluding hydrogens is 392 g/mol. The molecule has 2 aliphatic heterocycles. The van der Waals surface area contributed by atoms with Crippen molar-refractivity contribution >= 4 is 23.3 Å². The van der Waals surface area contributed by atoms with Crippen LogP contribution in [0.2, 0.25) is 0 Å². The first-order valence-corrected chi connectivity index (χ1v) is 10.2. The lowest BCUT2D eigenvalue weighted by Crippen LogP contribution is -2.71. The summed E-state index contributed by atoms with van der Waals surface area (Å²) in [7, 11) is 0. The van der Waals surface area contributed by atoms with Crippen LogP contribution < -0.4 is 10.2 Å². The molecule has 1 saturated heterocycles. The number of aromatic nitrogens is 1. The number of aliphatic hydroxyl groups excluding tert-OH is 1. The van der Waals surface area contributed by atoms with E-state index < -0.39 is 0 Å². The molecule has 2 N–H and O–H groups in total. The van der Waals surface area contributed by atoms with Gasteiger partial charge in [-0.3, -0.25) is 14.7 Å². The van der Waals surface area contributed by atoms with E-state index in [9.17, 15) is 14.7 Å². The second-order valence-corrected chi connectivity index (χ2v) is 7.76. The minimum atomic E-state index is -0.328. The average Bonchev–Trinajstić information content (AvgIpc) is 2.80. The number of likely N-dealkylation sites (tertiary alicyclic amines) is 1. The quantitative estimate of drug-likeness (QED) is 0.690. The summed E-state index contributed by atoms with van der Waals surface area (Å²) < 4.78 is 0. The van der Waals surface area contributed by atoms with Gasteiger partial charge in [0.15, 0.2) is 0 Å². The lowest BCUT2D eigenvalue weighted by Gasteiger charge is -2.58. The average molecular weight is 414 g/mol.